The van der Waals surface area contributed by atoms with E-state index in [4.69, 9.17) is 5.73 Å². The fourth-order valence-corrected chi connectivity index (χ4v) is 2.88. The zero-order valence-electron chi connectivity index (χ0n) is 9.74. The molecule has 3 N–H and O–H groups in total. The normalized spacial score (nSPS) is 18.3. The largest absolute Gasteiger partial charge is 0.330 e. The monoisotopic (exact) mass is 239 g/mol. The van der Waals surface area contributed by atoms with Gasteiger partial charge in [0.2, 0.25) is 0 Å². The summed E-state index contributed by atoms with van der Waals surface area (Å²) in [5.74, 6) is 0. The molecule has 90 valence electrons. The van der Waals surface area contributed by atoms with E-state index in [0.29, 0.717) is 5.41 Å². The molecule has 1 heterocycles. The summed E-state index contributed by atoms with van der Waals surface area (Å²) in [7, 11) is 0. The Hall–Kier alpha value is -0.450. The first kappa shape index (κ1) is 12.0. The van der Waals surface area contributed by atoms with Crippen LogP contribution < -0.4 is 11.1 Å². The van der Waals surface area contributed by atoms with Crippen molar-refractivity contribution in [1.82, 2.24) is 10.3 Å². The van der Waals surface area contributed by atoms with E-state index in [-0.39, 0.29) is 0 Å². The van der Waals surface area contributed by atoms with Gasteiger partial charge in [-0.25, -0.2) is 4.98 Å². The van der Waals surface area contributed by atoms with Crippen LogP contribution in [0.5, 0.6) is 0 Å². The predicted octanol–water partition coefficient (Wildman–Crippen LogP) is 1.79. The minimum Gasteiger partial charge on any atom is -0.330 e. The van der Waals surface area contributed by atoms with Crippen LogP contribution in [0.3, 0.4) is 0 Å². The van der Waals surface area contributed by atoms with Crippen molar-refractivity contribution in [3.8, 4) is 0 Å². The predicted molar refractivity (Wildman–Crippen MR) is 68.6 cm³/mol. The fourth-order valence-electron chi connectivity index (χ4n) is 2.29. The molecule has 1 saturated carbocycles. The third kappa shape index (κ3) is 3.03. The molecule has 2 rings (SSSR count). The Morgan fingerprint density at radius 1 is 1.44 bits per heavy atom. The number of nitrogens with zero attached hydrogens (tertiary/aromatic N) is 1. The second-order valence-electron chi connectivity index (χ2n) is 4.79. The molecular weight excluding hydrogens is 218 g/mol. The Labute approximate surface area is 101 Å². The summed E-state index contributed by atoms with van der Waals surface area (Å²) in [5.41, 5.74) is 9.40. The second-order valence-corrected chi connectivity index (χ2v) is 5.51. The quantitative estimate of drug-likeness (QED) is 0.713. The maximum absolute atomic E-state index is 5.82. The second kappa shape index (κ2) is 5.75. The van der Waals surface area contributed by atoms with Crippen molar-refractivity contribution in [1.29, 1.82) is 0 Å². The average Bonchev–Trinajstić information content (AvgIpc) is 2.74. The van der Waals surface area contributed by atoms with E-state index in [1.807, 2.05) is 5.51 Å². The van der Waals surface area contributed by atoms with Crippen LogP contribution in [0, 0.1) is 5.41 Å². The highest BCUT2D eigenvalue weighted by Gasteiger charge is 2.34. The Bertz CT molecular complexity index is 288. The van der Waals surface area contributed by atoms with Crippen LogP contribution in [0.1, 0.15) is 31.4 Å². The Morgan fingerprint density at radius 2 is 2.31 bits per heavy atom. The van der Waals surface area contributed by atoms with Crippen molar-refractivity contribution in [2.75, 3.05) is 19.6 Å². The molecule has 0 atom stereocenters. The summed E-state index contributed by atoms with van der Waals surface area (Å²) < 4.78 is 0. The van der Waals surface area contributed by atoms with E-state index < -0.39 is 0 Å². The van der Waals surface area contributed by atoms with Crippen LogP contribution in [0.4, 0.5) is 0 Å². The van der Waals surface area contributed by atoms with Crippen molar-refractivity contribution in [3.63, 3.8) is 0 Å². The third-order valence-corrected chi connectivity index (χ3v) is 4.36. The molecule has 0 spiro atoms. The molecule has 4 heteroatoms. The highest BCUT2D eigenvalue weighted by molar-refractivity contribution is 7.07. The molecule has 1 aliphatic rings. The Kier molecular flexibility index (Phi) is 4.32. The lowest BCUT2D eigenvalue weighted by molar-refractivity contribution is 0.130. The summed E-state index contributed by atoms with van der Waals surface area (Å²) in [4.78, 5) is 4.26. The number of nitrogens with one attached hydrogen (secondary N) is 1. The molecular formula is C12H21N3S. The molecule has 0 radical (unpaired) electrons. The van der Waals surface area contributed by atoms with Crippen molar-refractivity contribution >= 4 is 11.3 Å². The van der Waals surface area contributed by atoms with Gasteiger partial charge in [0, 0.05) is 18.3 Å². The van der Waals surface area contributed by atoms with Crippen molar-refractivity contribution < 1.29 is 0 Å². The summed E-state index contributed by atoms with van der Waals surface area (Å²) in [5, 5.41) is 5.61. The van der Waals surface area contributed by atoms with Gasteiger partial charge < -0.3 is 11.1 Å². The minimum atomic E-state index is 0.480. The highest BCUT2D eigenvalue weighted by Crippen LogP contribution is 2.42. The van der Waals surface area contributed by atoms with Gasteiger partial charge >= 0.3 is 0 Å². The van der Waals surface area contributed by atoms with Crippen LogP contribution >= 0.6 is 11.3 Å². The Morgan fingerprint density at radius 3 is 2.88 bits per heavy atom. The number of nitrogens with two attached hydrogens (primary N) is 1. The first-order valence-electron chi connectivity index (χ1n) is 6.13. The standard InChI is InChI=1S/C12H21N3S/c13-9-12(3-1-4-12)5-7-14-6-2-11-8-16-10-15-11/h8,10,14H,1-7,9,13H2. The molecule has 1 fully saturated rings. The average molecular weight is 239 g/mol. The SMILES string of the molecule is NCC1(CCNCCc2cscn2)CCC1. The zero-order chi connectivity index (χ0) is 11.3. The third-order valence-electron chi connectivity index (χ3n) is 3.72. The van der Waals surface area contributed by atoms with Gasteiger partial charge in [-0.1, -0.05) is 6.42 Å². The summed E-state index contributed by atoms with van der Waals surface area (Å²) in [6.45, 7) is 2.99. The van der Waals surface area contributed by atoms with Gasteiger partial charge in [0.1, 0.15) is 0 Å². The zero-order valence-corrected chi connectivity index (χ0v) is 10.6. The maximum atomic E-state index is 5.82. The summed E-state index contributed by atoms with van der Waals surface area (Å²) in [6.07, 6.45) is 6.31. The van der Waals surface area contributed by atoms with E-state index >= 15 is 0 Å². The lowest BCUT2D eigenvalue weighted by atomic mass is 9.67. The van der Waals surface area contributed by atoms with E-state index in [1.54, 1.807) is 11.3 Å². The molecule has 0 unspecified atom stereocenters. The number of thiazole rings is 1. The molecule has 0 aromatic carbocycles. The van der Waals surface area contributed by atoms with E-state index in [1.165, 1.54) is 31.4 Å². The number of aromatic nitrogens is 1. The van der Waals surface area contributed by atoms with E-state index in [0.717, 1.165) is 26.1 Å². The Balaban J connectivity index is 1.55. The van der Waals surface area contributed by atoms with Crippen LogP contribution in [0.2, 0.25) is 0 Å². The fraction of sp³-hybridized carbons (Fsp3) is 0.750. The first-order valence-corrected chi connectivity index (χ1v) is 7.07. The van der Waals surface area contributed by atoms with E-state index in [9.17, 15) is 0 Å². The molecule has 0 aliphatic heterocycles. The minimum absolute atomic E-state index is 0.480. The van der Waals surface area contributed by atoms with Gasteiger partial charge in [-0.2, -0.15) is 0 Å². The topological polar surface area (TPSA) is 50.9 Å². The van der Waals surface area contributed by atoms with Gasteiger partial charge in [-0.3, -0.25) is 0 Å². The van der Waals surface area contributed by atoms with Crippen LogP contribution in [-0.4, -0.2) is 24.6 Å². The summed E-state index contributed by atoms with van der Waals surface area (Å²) in [6, 6.07) is 0. The highest BCUT2D eigenvalue weighted by atomic mass is 32.1. The van der Waals surface area contributed by atoms with Crippen LogP contribution in [0.15, 0.2) is 10.9 Å². The molecule has 0 bridgehead atoms. The van der Waals surface area contributed by atoms with E-state index in [2.05, 4.69) is 15.7 Å². The van der Waals surface area contributed by atoms with Gasteiger partial charge in [-0.15, -0.1) is 11.3 Å². The molecule has 1 aromatic rings. The first-order chi connectivity index (χ1) is 7.85. The van der Waals surface area contributed by atoms with Crippen molar-refractivity contribution in [2.24, 2.45) is 11.1 Å². The lowest BCUT2D eigenvalue weighted by Crippen LogP contribution is -2.39. The molecule has 1 aromatic heterocycles. The number of hydrogen-bond acceptors (Lipinski definition) is 4. The number of rotatable bonds is 7. The molecule has 1 aliphatic carbocycles. The van der Waals surface area contributed by atoms with Crippen molar-refractivity contribution in [2.45, 2.75) is 32.1 Å². The molecule has 3 nitrogen and oxygen atoms in total. The van der Waals surface area contributed by atoms with Crippen molar-refractivity contribution in [3.05, 3.63) is 16.6 Å². The maximum Gasteiger partial charge on any atom is 0.0794 e. The van der Waals surface area contributed by atoms with Gasteiger partial charge in [0.15, 0.2) is 0 Å². The van der Waals surface area contributed by atoms with Crippen LogP contribution in [-0.2, 0) is 6.42 Å². The van der Waals surface area contributed by atoms with Gasteiger partial charge in [-0.05, 0) is 37.8 Å². The molecule has 0 amide bonds. The smallest absolute Gasteiger partial charge is 0.0794 e. The number of hydrogen-bond donors (Lipinski definition) is 2. The van der Waals surface area contributed by atoms with Gasteiger partial charge in [0.25, 0.3) is 0 Å². The molecule has 16 heavy (non-hydrogen) atoms. The van der Waals surface area contributed by atoms with Gasteiger partial charge in [0.05, 0.1) is 11.2 Å². The lowest BCUT2D eigenvalue weighted by Gasteiger charge is -2.41. The summed E-state index contributed by atoms with van der Waals surface area (Å²) >= 11 is 1.67. The van der Waals surface area contributed by atoms with Crippen LogP contribution in [0.25, 0.3) is 0 Å². The molecule has 0 saturated heterocycles.